The van der Waals surface area contributed by atoms with Crippen molar-refractivity contribution in [3.05, 3.63) is 95.8 Å². The number of hydrogen-bond acceptors (Lipinski definition) is 5. The van der Waals surface area contributed by atoms with E-state index in [2.05, 4.69) is 26.9 Å². The first-order valence-corrected chi connectivity index (χ1v) is 12.2. The first-order chi connectivity index (χ1) is 17.0. The van der Waals surface area contributed by atoms with Crippen LogP contribution in [0.1, 0.15) is 11.1 Å². The number of carbonyl (C=O) groups is 1. The fourth-order valence-corrected chi connectivity index (χ4v) is 4.53. The van der Waals surface area contributed by atoms with Gasteiger partial charge in [0.1, 0.15) is 11.6 Å². The van der Waals surface area contributed by atoms with Crippen LogP contribution in [0.5, 0.6) is 5.75 Å². The van der Waals surface area contributed by atoms with Crippen LogP contribution in [0.4, 0.5) is 4.39 Å². The average molecular weight is 491 g/mol. The Bertz CT molecular complexity index is 1240. The van der Waals surface area contributed by atoms with Gasteiger partial charge in [-0.25, -0.2) is 4.39 Å². The van der Waals surface area contributed by atoms with Crippen molar-refractivity contribution in [3.63, 3.8) is 0 Å². The van der Waals surface area contributed by atoms with Gasteiger partial charge < -0.3 is 14.2 Å². The highest BCUT2D eigenvalue weighted by Gasteiger charge is 2.17. The Kier molecular flexibility index (Phi) is 8.15. The molecule has 0 aliphatic heterocycles. The molecule has 35 heavy (non-hydrogen) atoms. The van der Waals surface area contributed by atoms with Gasteiger partial charge in [0.15, 0.2) is 11.0 Å². The van der Waals surface area contributed by atoms with Crippen molar-refractivity contribution in [1.82, 2.24) is 19.7 Å². The molecule has 0 saturated heterocycles. The van der Waals surface area contributed by atoms with Gasteiger partial charge in [-0.2, -0.15) is 0 Å². The van der Waals surface area contributed by atoms with E-state index in [-0.39, 0.29) is 17.5 Å². The smallest absolute Gasteiger partial charge is 0.233 e. The minimum absolute atomic E-state index is 0.0390. The Morgan fingerprint density at radius 1 is 0.971 bits per heavy atom. The zero-order valence-corrected chi connectivity index (χ0v) is 20.5. The second-order valence-corrected chi connectivity index (χ2v) is 9.03. The molecule has 0 saturated carbocycles. The van der Waals surface area contributed by atoms with E-state index >= 15 is 0 Å². The average Bonchev–Trinajstić information content (AvgIpc) is 3.30. The summed E-state index contributed by atoms with van der Waals surface area (Å²) in [6, 6.07) is 24.1. The molecular formula is C27H27FN4O2S. The normalized spacial score (nSPS) is 10.8. The third kappa shape index (κ3) is 6.48. The number of ether oxygens (including phenoxy) is 1. The number of methoxy groups -OCH3 is 1. The summed E-state index contributed by atoms with van der Waals surface area (Å²) in [7, 11) is 3.38. The van der Waals surface area contributed by atoms with Gasteiger partial charge >= 0.3 is 0 Å². The van der Waals surface area contributed by atoms with Crippen LogP contribution in [0.3, 0.4) is 0 Å². The number of nitrogens with zero attached hydrogens (tertiary/aromatic N) is 4. The topological polar surface area (TPSA) is 60.3 Å². The lowest BCUT2D eigenvalue weighted by Crippen LogP contribution is -2.28. The number of benzene rings is 3. The molecule has 0 unspecified atom stereocenters. The molecule has 0 aliphatic rings. The zero-order chi connectivity index (χ0) is 24.6. The molecule has 6 nitrogen and oxygen atoms in total. The minimum Gasteiger partial charge on any atom is -0.497 e. The van der Waals surface area contributed by atoms with Gasteiger partial charge in [0.05, 0.1) is 12.9 Å². The molecule has 1 heterocycles. The maximum Gasteiger partial charge on any atom is 0.233 e. The highest BCUT2D eigenvalue weighted by Crippen LogP contribution is 2.26. The molecule has 1 amide bonds. The van der Waals surface area contributed by atoms with E-state index in [0.717, 1.165) is 29.1 Å². The predicted octanol–water partition coefficient (Wildman–Crippen LogP) is 5.09. The summed E-state index contributed by atoms with van der Waals surface area (Å²) >= 11 is 1.37. The highest BCUT2D eigenvalue weighted by atomic mass is 32.2. The summed E-state index contributed by atoms with van der Waals surface area (Å²) in [5.41, 5.74) is 3.02. The molecule has 0 fully saturated rings. The van der Waals surface area contributed by atoms with Gasteiger partial charge in [0.25, 0.3) is 0 Å². The van der Waals surface area contributed by atoms with Crippen LogP contribution in [0.15, 0.2) is 84.0 Å². The second-order valence-electron chi connectivity index (χ2n) is 8.09. The standard InChI is InChI=1S/C27H27FN4O2S/c1-31(18-21-8-12-23(28)13-9-21)25(33)19-35-27-30-29-26(22-10-14-24(34-2)15-11-22)32(27)17-16-20-6-4-3-5-7-20/h3-15H,16-19H2,1-2H3. The van der Waals surface area contributed by atoms with Crippen molar-refractivity contribution < 1.29 is 13.9 Å². The van der Waals surface area contributed by atoms with Crippen molar-refractivity contribution in [2.24, 2.45) is 0 Å². The Labute approximate surface area is 208 Å². The molecule has 0 atom stereocenters. The lowest BCUT2D eigenvalue weighted by Gasteiger charge is -2.17. The Balaban J connectivity index is 1.48. The van der Waals surface area contributed by atoms with Crippen LogP contribution >= 0.6 is 11.8 Å². The number of rotatable bonds is 10. The van der Waals surface area contributed by atoms with E-state index in [4.69, 9.17) is 4.74 Å². The summed E-state index contributed by atoms with van der Waals surface area (Å²) in [6.07, 6.45) is 0.814. The predicted molar refractivity (Wildman–Crippen MR) is 136 cm³/mol. The molecule has 4 rings (SSSR count). The summed E-state index contributed by atoms with van der Waals surface area (Å²) in [6.45, 7) is 1.10. The molecule has 3 aromatic carbocycles. The van der Waals surface area contributed by atoms with Crippen LogP contribution < -0.4 is 4.74 Å². The molecule has 0 bridgehead atoms. The third-order valence-electron chi connectivity index (χ3n) is 5.62. The maximum absolute atomic E-state index is 13.2. The van der Waals surface area contributed by atoms with E-state index in [1.165, 1.54) is 29.5 Å². The molecule has 0 aliphatic carbocycles. The van der Waals surface area contributed by atoms with Crippen LogP contribution in [0, 0.1) is 5.82 Å². The molecule has 0 N–H and O–H groups in total. The fraction of sp³-hybridized carbons (Fsp3) is 0.222. The minimum atomic E-state index is -0.291. The van der Waals surface area contributed by atoms with Crippen LogP contribution in [0.25, 0.3) is 11.4 Å². The van der Waals surface area contributed by atoms with Gasteiger partial charge in [0, 0.05) is 25.7 Å². The molecule has 0 spiro atoms. The SMILES string of the molecule is COc1ccc(-c2nnc(SCC(=O)N(C)Cc3ccc(F)cc3)n2CCc2ccccc2)cc1. The zero-order valence-electron chi connectivity index (χ0n) is 19.7. The molecule has 4 aromatic rings. The van der Waals surface area contributed by atoms with Crippen molar-refractivity contribution >= 4 is 17.7 Å². The summed E-state index contributed by atoms with van der Waals surface area (Å²) < 4.78 is 20.5. The first kappa shape index (κ1) is 24.5. The Hall–Kier alpha value is -3.65. The van der Waals surface area contributed by atoms with Gasteiger partial charge in [0.2, 0.25) is 5.91 Å². The Morgan fingerprint density at radius 2 is 1.69 bits per heavy atom. The van der Waals surface area contributed by atoms with E-state index < -0.39 is 0 Å². The number of amides is 1. The van der Waals surface area contributed by atoms with Crippen LogP contribution in [-0.2, 0) is 24.3 Å². The van der Waals surface area contributed by atoms with E-state index in [0.29, 0.717) is 18.2 Å². The van der Waals surface area contributed by atoms with Crippen LogP contribution in [0.2, 0.25) is 0 Å². The molecule has 1 aromatic heterocycles. The van der Waals surface area contributed by atoms with Gasteiger partial charge in [-0.3, -0.25) is 4.79 Å². The van der Waals surface area contributed by atoms with Crippen molar-refractivity contribution in [2.75, 3.05) is 19.9 Å². The number of aromatic nitrogens is 3. The van der Waals surface area contributed by atoms with Gasteiger partial charge in [-0.1, -0.05) is 54.2 Å². The number of hydrogen-bond donors (Lipinski definition) is 0. The monoisotopic (exact) mass is 490 g/mol. The number of thioether (sulfide) groups is 1. The first-order valence-electron chi connectivity index (χ1n) is 11.3. The van der Waals surface area contributed by atoms with E-state index in [1.807, 2.05) is 42.5 Å². The number of aryl methyl sites for hydroxylation is 1. The molecule has 8 heteroatoms. The maximum atomic E-state index is 13.2. The fourth-order valence-electron chi connectivity index (χ4n) is 3.62. The highest BCUT2D eigenvalue weighted by molar-refractivity contribution is 7.99. The van der Waals surface area contributed by atoms with Gasteiger partial charge in [-0.15, -0.1) is 10.2 Å². The third-order valence-corrected chi connectivity index (χ3v) is 6.57. The number of halogens is 1. The van der Waals surface area contributed by atoms with E-state index in [9.17, 15) is 9.18 Å². The summed E-state index contributed by atoms with van der Waals surface area (Å²) in [5.74, 6) is 1.42. The Morgan fingerprint density at radius 3 is 2.37 bits per heavy atom. The lowest BCUT2D eigenvalue weighted by molar-refractivity contribution is -0.127. The van der Waals surface area contributed by atoms with Crippen molar-refractivity contribution in [3.8, 4) is 17.1 Å². The molecular weight excluding hydrogens is 463 g/mol. The lowest BCUT2D eigenvalue weighted by atomic mass is 10.1. The van der Waals surface area contributed by atoms with Gasteiger partial charge in [-0.05, 0) is 53.9 Å². The second kappa shape index (κ2) is 11.7. The molecule has 0 radical (unpaired) electrons. The largest absolute Gasteiger partial charge is 0.497 e. The quantitative estimate of drug-likeness (QED) is 0.290. The van der Waals surface area contributed by atoms with Crippen LogP contribution in [-0.4, -0.2) is 45.5 Å². The summed E-state index contributed by atoms with van der Waals surface area (Å²) in [5, 5.41) is 9.54. The number of carbonyl (C=O) groups excluding carboxylic acids is 1. The summed E-state index contributed by atoms with van der Waals surface area (Å²) in [4.78, 5) is 14.4. The van der Waals surface area contributed by atoms with Crippen molar-refractivity contribution in [1.29, 1.82) is 0 Å². The van der Waals surface area contributed by atoms with E-state index in [1.54, 1.807) is 31.2 Å². The molecule has 180 valence electrons. The van der Waals surface area contributed by atoms with Crippen molar-refractivity contribution in [2.45, 2.75) is 24.7 Å².